The van der Waals surface area contributed by atoms with Gasteiger partial charge in [0.1, 0.15) is 5.92 Å². The minimum atomic E-state index is -0.936. The lowest BCUT2D eigenvalue weighted by Crippen LogP contribution is -2.37. The van der Waals surface area contributed by atoms with Crippen LogP contribution in [0.25, 0.3) is 0 Å². The normalized spacial score (nSPS) is 23.2. The fourth-order valence-electron chi connectivity index (χ4n) is 4.10. The van der Waals surface area contributed by atoms with E-state index in [1.54, 1.807) is 17.2 Å². The largest absolute Gasteiger partial charge is 0.273 e. The molecule has 150 valence electrons. The molecule has 0 aromatic heterocycles. The lowest BCUT2D eigenvalue weighted by atomic mass is 9.90. The summed E-state index contributed by atoms with van der Waals surface area (Å²) in [5.74, 6) is -1.48. The van der Waals surface area contributed by atoms with Gasteiger partial charge in [-0.2, -0.15) is 0 Å². The maximum absolute atomic E-state index is 13.5. The van der Waals surface area contributed by atoms with Gasteiger partial charge in [0, 0.05) is 5.02 Å². The zero-order valence-corrected chi connectivity index (χ0v) is 17.1. The summed E-state index contributed by atoms with van der Waals surface area (Å²) in [6.07, 6.45) is -0.936. The van der Waals surface area contributed by atoms with Crippen LogP contribution in [0.1, 0.15) is 11.6 Å². The Morgan fingerprint density at radius 2 is 1.47 bits per heavy atom. The average Bonchev–Trinajstić information content (AvgIpc) is 3.26. The van der Waals surface area contributed by atoms with Crippen LogP contribution >= 0.6 is 23.2 Å². The summed E-state index contributed by atoms with van der Waals surface area (Å²) in [5.41, 5.74) is 1.98. The predicted octanol–water partition coefficient (Wildman–Crippen LogP) is 5.04. The van der Waals surface area contributed by atoms with Crippen LogP contribution in [0.4, 0.5) is 11.4 Å². The number of halogens is 2. The SMILES string of the molecule is O=C1[C@@H]2[C@@H](ON(c3ccccc3)[C@H]2c2ccccc2)C(=O)N1c1ccc(Cl)cc1Cl. The van der Waals surface area contributed by atoms with Crippen molar-refractivity contribution in [3.8, 4) is 0 Å². The molecule has 0 N–H and O–H groups in total. The van der Waals surface area contributed by atoms with E-state index >= 15 is 0 Å². The summed E-state index contributed by atoms with van der Waals surface area (Å²) in [7, 11) is 0. The van der Waals surface area contributed by atoms with Gasteiger partial charge in [0.2, 0.25) is 5.91 Å². The van der Waals surface area contributed by atoms with E-state index in [1.807, 2.05) is 60.7 Å². The molecule has 0 spiro atoms. The predicted molar refractivity (Wildman–Crippen MR) is 115 cm³/mol. The highest BCUT2D eigenvalue weighted by atomic mass is 35.5. The number of hydroxylamine groups is 1. The van der Waals surface area contributed by atoms with Gasteiger partial charge >= 0.3 is 0 Å². The van der Waals surface area contributed by atoms with Crippen molar-refractivity contribution in [2.75, 3.05) is 9.96 Å². The van der Waals surface area contributed by atoms with Gasteiger partial charge in [0.05, 0.1) is 22.4 Å². The maximum atomic E-state index is 13.5. The summed E-state index contributed by atoms with van der Waals surface area (Å²) < 4.78 is 0. The Labute approximate surface area is 183 Å². The van der Waals surface area contributed by atoms with Crippen LogP contribution in [0.5, 0.6) is 0 Å². The summed E-state index contributed by atoms with van der Waals surface area (Å²) >= 11 is 12.3. The van der Waals surface area contributed by atoms with E-state index in [4.69, 9.17) is 28.0 Å². The third-order valence-corrected chi connectivity index (χ3v) is 5.96. The molecule has 0 radical (unpaired) electrons. The standard InChI is InChI=1S/C23H16Cl2N2O3/c24-15-11-12-18(17(25)13-15)26-22(28)19-20(14-7-3-1-4-8-14)27(30-21(19)23(26)29)16-9-5-2-6-10-16/h1-13,19-21H/t19-,20-,21+/m0/s1. The van der Waals surface area contributed by atoms with Crippen molar-refractivity contribution >= 4 is 46.4 Å². The Morgan fingerprint density at radius 1 is 0.800 bits per heavy atom. The first-order valence-electron chi connectivity index (χ1n) is 9.45. The van der Waals surface area contributed by atoms with E-state index in [0.717, 1.165) is 16.2 Å². The summed E-state index contributed by atoms with van der Waals surface area (Å²) in [6.45, 7) is 0. The molecule has 0 aliphatic carbocycles. The van der Waals surface area contributed by atoms with Crippen LogP contribution in [0.2, 0.25) is 10.0 Å². The van der Waals surface area contributed by atoms with Gasteiger partial charge in [-0.25, -0.2) is 9.96 Å². The van der Waals surface area contributed by atoms with Crippen LogP contribution in [0.3, 0.4) is 0 Å². The van der Waals surface area contributed by atoms with E-state index < -0.39 is 24.0 Å². The van der Waals surface area contributed by atoms with Gasteiger partial charge in [-0.15, -0.1) is 0 Å². The lowest BCUT2D eigenvalue weighted by molar-refractivity contribution is -0.126. The molecule has 7 heteroatoms. The van der Waals surface area contributed by atoms with Gasteiger partial charge < -0.3 is 0 Å². The van der Waals surface area contributed by atoms with Crippen LogP contribution in [0.15, 0.2) is 78.9 Å². The van der Waals surface area contributed by atoms with Crippen molar-refractivity contribution in [3.05, 3.63) is 94.5 Å². The second kappa shape index (κ2) is 7.43. The number of para-hydroxylation sites is 1. The van der Waals surface area contributed by atoms with Gasteiger partial charge in [0.25, 0.3) is 5.91 Å². The molecule has 3 atom stereocenters. The highest BCUT2D eigenvalue weighted by Crippen LogP contribution is 2.48. The van der Waals surface area contributed by atoms with Gasteiger partial charge in [-0.3, -0.25) is 14.4 Å². The third-order valence-electron chi connectivity index (χ3n) is 5.42. The molecule has 3 aromatic carbocycles. The minimum Gasteiger partial charge on any atom is -0.273 e. The van der Waals surface area contributed by atoms with Crippen LogP contribution in [0, 0.1) is 5.92 Å². The molecule has 2 saturated heterocycles. The number of carbonyl (C=O) groups excluding carboxylic acids is 2. The Bertz CT molecular complexity index is 1120. The van der Waals surface area contributed by atoms with E-state index in [9.17, 15) is 9.59 Å². The molecule has 5 nitrogen and oxygen atoms in total. The molecule has 0 saturated carbocycles. The molecule has 0 unspecified atom stereocenters. The molecule has 0 bridgehead atoms. The number of amides is 2. The molecule has 2 heterocycles. The number of rotatable bonds is 3. The molecule has 2 aliphatic heterocycles. The fraction of sp³-hybridized carbons (Fsp3) is 0.130. The first kappa shape index (κ1) is 19.1. The minimum absolute atomic E-state index is 0.236. The Balaban J connectivity index is 1.59. The highest BCUT2D eigenvalue weighted by Gasteiger charge is 2.60. The molecule has 2 aliphatic rings. The van der Waals surface area contributed by atoms with Crippen LogP contribution in [-0.4, -0.2) is 17.9 Å². The maximum Gasteiger partial charge on any atom is 0.266 e. The molecule has 3 aromatic rings. The molecular weight excluding hydrogens is 423 g/mol. The lowest BCUT2D eigenvalue weighted by Gasteiger charge is -2.28. The molecular formula is C23H16Cl2N2O3. The highest BCUT2D eigenvalue weighted by molar-refractivity contribution is 6.38. The van der Waals surface area contributed by atoms with Crippen molar-refractivity contribution in [1.82, 2.24) is 0 Å². The van der Waals surface area contributed by atoms with E-state index in [1.165, 1.54) is 6.07 Å². The van der Waals surface area contributed by atoms with Crippen molar-refractivity contribution in [1.29, 1.82) is 0 Å². The van der Waals surface area contributed by atoms with Crippen LogP contribution in [-0.2, 0) is 14.4 Å². The van der Waals surface area contributed by atoms with Crippen molar-refractivity contribution in [2.24, 2.45) is 5.92 Å². The second-order valence-corrected chi connectivity index (χ2v) is 8.02. The number of imide groups is 1. The molecule has 2 amide bonds. The van der Waals surface area contributed by atoms with Crippen molar-refractivity contribution in [3.63, 3.8) is 0 Å². The number of hydrogen-bond acceptors (Lipinski definition) is 4. The summed E-state index contributed by atoms with van der Waals surface area (Å²) in [6, 6.07) is 23.3. The monoisotopic (exact) mass is 438 g/mol. The first-order valence-corrected chi connectivity index (χ1v) is 10.2. The average molecular weight is 439 g/mol. The Kier molecular flexibility index (Phi) is 4.74. The Morgan fingerprint density at radius 3 is 2.13 bits per heavy atom. The number of carbonyl (C=O) groups is 2. The zero-order valence-electron chi connectivity index (χ0n) is 15.6. The van der Waals surface area contributed by atoms with E-state index in [-0.39, 0.29) is 10.9 Å². The quantitative estimate of drug-likeness (QED) is 0.537. The van der Waals surface area contributed by atoms with Crippen molar-refractivity contribution in [2.45, 2.75) is 12.1 Å². The van der Waals surface area contributed by atoms with E-state index in [2.05, 4.69) is 0 Å². The molecule has 30 heavy (non-hydrogen) atoms. The topological polar surface area (TPSA) is 49.9 Å². The van der Waals surface area contributed by atoms with E-state index in [0.29, 0.717) is 10.7 Å². The number of anilines is 2. The summed E-state index contributed by atoms with van der Waals surface area (Å²) in [5, 5.41) is 2.33. The van der Waals surface area contributed by atoms with Gasteiger partial charge in [-0.05, 0) is 35.9 Å². The van der Waals surface area contributed by atoms with Crippen molar-refractivity contribution < 1.29 is 14.4 Å². The first-order chi connectivity index (χ1) is 14.6. The van der Waals surface area contributed by atoms with Gasteiger partial charge in [0.15, 0.2) is 6.10 Å². The number of hydrogen-bond donors (Lipinski definition) is 0. The number of fused-ring (bicyclic) bond motifs is 1. The second-order valence-electron chi connectivity index (χ2n) is 7.18. The van der Waals surface area contributed by atoms with Crippen LogP contribution < -0.4 is 9.96 Å². The zero-order chi connectivity index (χ0) is 20.8. The molecule has 2 fully saturated rings. The number of benzene rings is 3. The summed E-state index contributed by atoms with van der Waals surface area (Å²) in [4.78, 5) is 34.0. The number of nitrogens with zero attached hydrogens (tertiary/aromatic N) is 2. The fourth-order valence-corrected chi connectivity index (χ4v) is 4.60. The Hall–Kier alpha value is -2.86. The molecule has 5 rings (SSSR count). The van der Waals surface area contributed by atoms with Gasteiger partial charge in [-0.1, -0.05) is 71.7 Å². The third kappa shape index (κ3) is 2.98. The smallest absolute Gasteiger partial charge is 0.266 e.